The first-order chi connectivity index (χ1) is 10.7. The minimum absolute atomic E-state index is 0.133. The Bertz CT molecular complexity index is 846. The monoisotopic (exact) mass is 331 g/mol. The SMILES string of the molecule is COc1ccc(-c2cc(=O)n(Cc3ccco3)c(=S)s2)cc1. The molecule has 4 nitrogen and oxygen atoms in total. The molecule has 3 rings (SSSR count). The number of furan rings is 1. The average molecular weight is 331 g/mol. The zero-order chi connectivity index (χ0) is 15.5. The Morgan fingerprint density at radius 3 is 2.64 bits per heavy atom. The fraction of sp³-hybridized carbons (Fsp3) is 0.125. The minimum Gasteiger partial charge on any atom is -0.497 e. The lowest BCUT2D eigenvalue weighted by molar-refractivity contribution is 0.415. The summed E-state index contributed by atoms with van der Waals surface area (Å²) in [6.07, 6.45) is 1.58. The Morgan fingerprint density at radius 2 is 2.05 bits per heavy atom. The van der Waals surface area contributed by atoms with Gasteiger partial charge in [0.1, 0.15) is 11.5 Å². The maximum atomic E-state index is 12.3. The van der Waals surface area contributed by atoms with Crippen LogP contribution in [0.3, 0.4) is 0 Å². The van der Waals surface area contributed by atoms with Crippen LogP contribution in [0.4, 0.5) is 0 Å². The van der Waals surface area contributed by atoms with Crippen molar-refractivity contribution in [3.05, 3.63) is 68.8 Å². The van der Waals surface area contributed by atoms with E-state index in [4.69, 9.17) is 21.4 Å². The molecule has 0 saturated heterocycles. The third kappa shape index (κ3) is 3.03. The third-order valence-electron chi connectivity index (χ3n) is 3.21. The number of benzene rings is 1. The van der Waals surface area contributed by atoms with E-state index in [2.05, 4.69) is 0 Å². The molecule has 112 valence electrons. The Labute approximate surface area is 136 Å². The van der Waals surface area contributed by atoms with Crippen molar-refractivity contribution in [2.24, 2.45) is 0 Å². The van der Waals surface area contributed by atoms with Gasteiger partial charge in [-0.25, -0.2) is 0 Å². The molecule has 0 atom stereocenters. The summed E-state index contributed by atoms with van der Waals surface area (Å²) in [6.45, 7) is 0.351. The fourth-order valence-electron chi connectivity index (χ4n) is 2.06. The normalized spacial score (nSPS) is 10.6. The highest BCUT2D eigenvalue weighted by molar-refractivity contribution is 7.73. The van der Waals surface area contributed by atoms with Gasteiger partial charge < -0.3 is 9.15 Å². The van der Waals surface area contributed by atoms with Crippen molar-refractivity contribution in [3.63, 3.8) is 0 Å². The summed E-state index contributed by atoms with van der Waals surface area (Å²) in [5.74, 6) is 1.48. The summed E-state index contributed by atoms with van der Waals surface area (Å²) in [7, 11) is 1.62. The van der Waals surface area contributed by atoms with Gasteiger partial charge in [-0.05, 0) is 54.2 Å². The van der Waals surface area contributed by atoms with Crippen LogP contribution in [0.15, 0.2) is 57.9 Å². The van der Waals surface area contributed by atoms with Crippen molar-refractivity contribution in [1.29, 1.82) is 0 Å². The first-order valence-electron chi connectivity index (χ1n) is 6.59. The predicted octanol–water partition coefficient (Wildman–Crippen LogP) is 3.96. The van der Waals surface area contributed by atoms with E-state index in [0.717, 1.165) is 16.2 Å². The Kier molecular flexibility index (Phi) is 4.22. The topological polar surface area (TPSA) is 44.4 Å². The summed E-state index contributed by atoms with van der Waals surface area (Å²) >= 11 is 6.77. The highest BCUT2D eigenvalue weighted by Gasteiger charge is 2.07. The molecule has 6 heteroatoms. The molecule has 0 bridgehead atoms. The fourth-order valence-corrected chi connectivity index (χ4v) is 3.35. The van der Waals surface area contributed by atoms with Gasteiger partial charge in [-0.2, -0.15) is 0 Å². The van der Waals surface area contributed by atoms with E-state index in [0.29, 0.717) is 16.3 Å². The van der Waals surface area contributed by atoms with Crippen LogP contribution in [-0.4, -0.2) is 11.7 Å². The summed E-state index contributed by atoms with van der Waals surface area (Å²) in [4.78, 5) is 13.2. The largest absolute Gasteiger partial charge is 0.497 e. The highest BCUT2D eigenvalue weighted by atomic mass is 32.1. The number of ether oxygens (including phenoxy) is 1. The maximum absolute atomic E-state index is 12.3. The van der Waals surface area contributed by atoms with Gasteiger partial charge in [0.05, 0.1) is 19.9 Å². The molecule has 0 amide bonds. The zero-order valence-electron chi connectivity index (χ0n) is 11.8. The molecule has 2 heterocycles. The molecular formula is C16H13NO3S2. The molecule has 0 unspecified atom stereocenters. The van der Waals surface area contributed by atoms with E-state index in [1.165, 1.54) is 15.9 Å². The number of nitrogens with zero attached hydrogens (tertiary/aromatic N) is 1. The van der Waals surface area contributed by atoms with Crippen LogP contribution in [0, 0.1) is 3.95 Å². The smallest absolute Gasteiger partial charge is 0.254 e. The van der Waals surface area contributed by atoms with Crippen LogP contribution in [0.25, 0.3) is 10.4 Å². The molecule has 0 fully saturated rings. The van der Waals surface area contributed by atoms with Gasteiger partial charge >= 0.3 is 0 Å². The Balaban J connectivity index is 1.98. The minimum atomic E-state index is -0.133. The molecule has 0 N–H and O–H groups in total. The standard InChI is InChI=1S/C16H13NO3S2/c1-19-12-6-4-11(5-7-12)14-9-15(18)17(16(21)22-14)10-13-3-2-8-20-13/h2-9H,10H2,1H3. The lowest BCUT2D eigenvalue weighted by Crippen LogP contribution is -2.19. The van der Waals surface area contributed by atoms with Gasteiger partial charge in [0.15, 0.2) is 3.95 Å². The number of hydrogen-bond donors (Lipinski definition) is 0. The van der Waals surface area contributed by atoms with Crippen LogP contribution in [0.5, 0.6) is 5.75 Å². The van der Waals surface area contributed by atoms with Crippen LogP contribution in [-0.2, 0) is 6.54 Å². The number of methoxy groups -OCH3 is 1. The number of rotatable bonds is 4. The van der Waals surface area contributed by atoms with Gasteiger partial charge in [-0.1, -0.05) is 0 Å². The molecule has 0 radical (unpaired) electrons. The van der Waals surface area contributed by atoms with E-state index in [1.54, 1.807) is 25.5 Å². The van der Waals surface area contributed by atoms with E-state index < -0.39 is 0 Å². The molecule has 3 aromatic rings. The molecule has 1 aromatic carbocycles. The Hall–Kier alpha value is -2.18. The maximum Gasteiger partial charge on any atom is 0.254 e. The molecule has 0 aliphatic rings. The summed E-state index contributed by atoms with van der Waals surface area (Å²) in [6, 6.07) is 12.8. The molecule has 0 aliphatic carbocycles. The quantitative estimate of drug-likeness (QED) is 0.679. The van der Waals surface area contributed by atoms with E-state index >= 15 is 0 Å². The van der Waals surface area contributed by atoms with Crippen molar-refractivity contribution in [1.82, 2.24) is 4.57 Å². The first kappa shape index (κ1) is 14.7. The van der Waals surface area contributed by atoms with Crippen molar-refractivity contribution in [3.8, 4) is 16.2 Å². The molecule has 0 saturated carbocycles. The van der Waals surface area contributed by atoms with Crippen molar-refractivity contribution < 1.29 is 9.15 Å². The van der Waals surface area contributed by atoms with Crippen molar-refractivity contribution in [2.45, 2.75) is 6.54 Å². The molecule has 22 heavy (non-hydrogen) atoms. The average Bonchev–Trinajstić information content (AvgIpc) is 3.04. The molecule has 0 spiro atoms. The Morgan fingerprint density at radius 1 is 1.27 bits per heavy atom. The van der Waals surface area contributed by atoms with Gasteiger partial charge in [0.2, 0.25) is 0 Å². The predicted molar refractivity (Wildman–Crippen MR) is 89.2 cm³/mol. The second-order valence-electron chi connectivity index (χ2n) is 4.61. The van der Waals surface area contributed by atoms with Crippen molar-refractivity contribution >= 4 is 23.6 Å². The van der Waals surface area contributed by atoms with Crippen LogP contribution < -0.4 is 10.3 Å². The first-order valence-corrected chi connectivity index (χ1v) is 7.81. The lowest BCUT2D eigenvalue weighted by Gasteiger charge is -2.06. The van der Waals surface area contributed by atoms with Gasteiger partial charge in [0, 0.05) is 10.9 Å². The van der Waals surface area contributed by atoms with Crippen molar-refractivity contribution in [2.75, 3.05) is 7.11 Å². The van der Waals surface area contributed by atoms with Crippen LogP contribution in [0.1, 0.15) is 5.76 Å². The summed E-state index contributed by atoms with van der Waals surface area (Å²) in [5.41, 5.74) is 0.810. The molecular weight excluding hydrogens is 318 g/mol. The second-order valence-corrected chi connectivity index (χ2v) is 6.28. The lowest BCUT2D eigenvalue weighted by atomic mass is 10.2. The van der Waals surface area contributed by atoms with E-state index in [-0.39, 0.29) is 5.56 Å². The molecule has 0 aliphatic heterocycles. The van der Waals surface area contributed by atoms with E-state index in [9.17, 15) is 4.79 Å². The molecule has 2 aromatic heterocycles. The third-order valence-corrected chi connectivity index (χ3v) is 4.65. The van der Waals surface area contributed by atoms with E-state index in [1.807, 2.05) is 30.3 Å². The number of hydrogen-bond acceptors (Lipinski definition) is 5. The zero-order valence-corrected chi connectivity index (χ0v) is 13.4. The van der Waals surface area contributed by atoms with Crippen LogP contribution >= 0.6 is 23.6 Å². The number of aromatic nitrogens is 1. The summed E-state index contributed by atoms with van der Waals surface area (Å²) in [5, 5.41) is 0. The summed E-state index contributed by atoms with van der Waals surface area (Å²) < 4.78 is 12.5. The van der Waals surface area contributed by atoms with Gasteiger partial charge in [-0.3, -0.25) is 9.36 Å². The second kappa shape index (κ2) is 6.29. The van der Waals surface area contributed by atoms with Gasteiger partial charge in [-0.15, -0.1) is 11.3 Å². The van der Waals surface area contributed by atoms with Crippen LogP contribution in [0.2, 0.25) is 0 Å². The highest BCUT2D eigenvalue weighted by Crippen LogP contribution is 2.25. The van der Waals surface area contributed by atoms with Gasteiger partial charge in [0.25, 0.3) is 5.56 Å².